The molecule has 1 fully saturated rings. The summed E-state index contributed by atoms with van der Waals surface area (Å²) in [5.74, 6) is 2.12. The molecule has 1 rings (SSSR count). The van der Waals surface area contributed by atoms with E-state index in [1.165, 1.54) is 38.6 Å². The van der Waals surface area contributed by atoms with Gasteiger partial charge in [-0.3, -0.25) is 0 Å². The third-order valence-electron chi connectivity index (χ3n) is 2.60. The molecule has 0 N–H and O–H groups in total. The Morgan fingerprint density at radius 1 is 1.13 bits per heavy atom. The molecule has 1 saturated heterocycles. The van der Waals surface area contributed by atoms with Crippen molar-refractivity contribution in [2.45, 2.75) is 19.3 Å². The van der Waals surface area contributed by atoms with Crippen molar-refractivity contribution in [1.82, 2.24) is 4.90 Å². The molecule has 0 aromatic rings. The van der Waals surface area contributed by atoms with Crippen LogP contribution in [0.5, 0.6) is 0 Å². The molecule has 0 aromatic carbocycles. The second-order valence-corrected chi connectivity index (χ2v) is 7.63. The lowest BCUT2D eigenvalue weighted by Gasteiger charge is -2.25. The molecule has 3 nitrogen and oxygen atoms in total. The predicted molar refractivity (Wildman–Crippen MR) is 67.3 cm³/mol. The van der Waals surface area contributed by atoms with Crippen LogP contribution >= 0.6 is 11.8 Å². The fraction of sp³-hybridized carbons (Fsp3) is 1.00. The molecule has 0 amide bonds. The van der Waals surface area contributed by atoms with Gasteiger partial charge in [0.25, 0.3) is 0 Å². The fourth-order valence-corrected chi connectivity index (χ4v) is 3.96. The van der Waals surface area contributed by atoms with Crippen molar-refractivity contribution in [3.63, 3.8) is 0 Å². The van der Waals surface area contributed by atoms with Crippen LogP contribution in [0.1, 0.15) is 19.3 Å². The Morgan fingerprint density at radius 2 is 1.80 bits per heavy atom. The van der Waals surface area contributed by atoms with Gasteiger partial charge >= 0.3 is 0 Å². The van der Waals surface area contributed by atoms with Crippen LogP contribution in [0.2, 0.25) is 0 Å². The van der Waals surface area contributed by atoms with E-state index in [0.29, 0.717) is 5.75 Å². The summed E-state index contributed by atoms with van der Waals surface area (Å²) in [5, 5.41) is 0. The van der Waals surface area contributed by atoms with Crippen LogP contribution in [0.4, 0.5) is 0 Å². The molecule has 0 radical (unpaired) electrons. The van der Waals surface area contributed by atoms with E-state index in [2.05, 4.69) is 4.90 Å². The van der Waals surface area contributed by atoms with Crippen molar-refractivity contribution < 1.29 is 8.42 Å². The molecular formula is C10H21NO2S2. The standard InChI is InChI=1S/C10H21NO2S2/c1-15(12,13)10-9-14-8-7-11-5-3-2-4-6-11/h2-10H2,1H3. The normalized spacial score (nSPS) is 19.3. The first-order chi connectivity index (χ1) is 7.08. The zero-order chi connectivity index (χ0) is 11.1. The monoisotopic (exact) mass is 251 g/mol. The second-order valence-electron chi connectivity index (χ2n) is 4.14. The van der Waals surface area contributed by atoms with Crippen molar-refractivity contribution in [1.29, 1.82) is 0 Å². The highest BCUT2D eigenvalue weighted by atomic mass is 32.2. The molecule has 1 aliphatic rings. The van der Waals surface area contributed by atoms with Crippen molar-refractivity contribution in [2.75, 3.05) is 43.1 Å². The summed E-state index contributed by atoms with van der Waals surface area (Å²) in [4.78, 5) is 2.48. The fourth-order valence-electron chi connectivity index (χ4n) is 1.69. The number of hydrogen-bond acceptors (Lipinski definition) is 4. The summed E-state index contributed by atoms with van der Waals surface area (Å²) in [7, 11) is -2.76. The molecule has 1 heterocycles. The lowest BCUT2D eigenvalue weighted by molar-refractivity contribution is 0.242. The van der Waals surface area contributed by atoms with Gasteiger partial charge in [-0.25, -0.2) is 8.42 Å². The molecule has 1 aliphatic heterocycles. The third-order valence-corrected chi connectivity index (χ3v) is 4.77. The van der Waals surface area contributed by atoms with E-state index in [0.717, 1.165) is 18.1 Å². The Labute approximate surface area is 97.5 Å². The van der Waals surface area contributed by atoms with Crippen molar-refractivity contribution in [3.05, 3.63) is 0 Å². The second kappa shape index (κ2) is 6.76. The van der Waals surface area contributed by atoms with E-state index in [4.69, 9.17) is 0 Å². The predicted octanol–water partition coefficient (Wildman–Crippen LogP) is 1.25. The summed E-state index contributed by atoms with van der Waals surface area (Å²) in [6.45, 7) is 3.58. The number of hydrogen-bond donors (Lipinski definition) is 0. The minimum atomic E-state index is -2.76. The van der Waals surface area contributed by atoms with Gasteiger partial charge in [-0.05, 0) is 25.9 Å². The molecule has 90 valence electrons. The highest BCUT2D eigenvalue weighted by molar-refractivity contribution is 8.00. The van der Waals surface area contributed by atoms with E-state index >= 15 is 0 Å². The summed E-state index contributed by atoms with van der Waals surface area (Å²) in [6.07, 6.45) is 5.33. The van der Waals surface area contributed by atoms with Crippen LogP contribution in [-0.2, 0) is 9.84 Å². The lowest BCUT2D eigenvalue weighted by Crippen LogP contribution is -2.31. The topological polar surface area (TPSA) is 37.4 Å². The van der Waals surface area contributed by atoms with Crippen LogP contribution in [-0.4, -0.2) is 56.5 Å². The molecule has 0 spiro atoms. The van der Waals surface area contributed by atoms with E-state index in [1.54, 1.807) is 11.8 Å². The molecule has 5 heteroatoms. The third kappa shape index (κ3) is 7.19. The molecule has 0 atom stereocenters. The maximum Gasteiger partial charge on any atom is 0.148 e. The summed E-state index contributed by atoms with van der Waals surface area (Å²) >= 11 is 1.75. The van der Waals surface area contributed by atoms with Crippen LogP contribution < -0.4 is 0 Å². The smallest absolute Gasteiger partial charge is 0.148 e. The molecule has 0 saturated carbocycles. The number of thioether (sulfide) groups is 1. The highest BCUT2D eigenvalue weighted by Crippen LogP contribution is 2.10. The zero-order valence-electron chi connectivity index (χ0n) is 9.44. The minimum absolute atomic E-state index is 0.317. The lowest BCUT2D eigenvalue weighted by atomic mass is 10.1. The van der Waals surface area contributed by atoms with Crippen LogP contribution in [0, 0.1) is 0 Å². The SMILES string of the molecule is CS(=O)(=O)CCSCCN1CCCCC1. The summed E-state index contributed by atoms with van der Waals surface area (Å²) in [6, 6.07) is 0. The number of nitrogens with zero attached hydrogens (tertiary/aromatic N) is 1. The number of likely N-dealkylation sites (tertiary alicyclic amines) is 1. The van der Waals surface area contributed by atoms with Gasteiger partial charge in [0.2, 0.25) is 0 Å². The van der Waals surface area contributed by atoms with Crippen molar-refractivity contribution in [3.8, 4) is 0 Å². The highest BCUT2D eigenvalue weighted by Gasteiger charge is 2.09. The first kappa shape index (κ1) is 13.3. The van der Waals surface area contributed by atoms with Gasteiger partial charge in [0.1, 0.15) is 9.84 Å². The van der Waals surface area contributed by atoms with Gasteiger partial charge in [0.05, 0.1) is 5.75 Å². The quantitative estimate of drug-likeness (QED) is 0.666. The summed E-state index contributed by atoms with van der Waals surface area (Å²) < 4.78 is 21.7. The van der Waals surface area contributed by atoms with E-state index < -0.39 is 9.84 Å². The molecular weight excluding hydrogens is 230 g/mol. The number of sulfone groups is 1. The Morgan fingerprint density at radius 3 is 2.40 bits per heavy atom. The molecule has 0 aliphatic carbocycles. The Kier molecular flexibility index (Phi) is 6.00. The first-order valence-corrected chi connectivity index (χ1v) is 8.77. The van der Waals surface area contributed by atoms with Crippen LogP contribution in [0.3, 0.4) is 0 Å². The van der Waals surface area contributed by atoms with E-state index in [9.17, 15) is 8.42 Å². The molecule has 0 bridgehead atoms. The molecule has 0 aromatic heterocycles. The Hall–Kier alpha value is 0.260. The van der Waals surface area contributed by atoms with Crippen molar-refractivity contribution >= 4 is 21.6 Å². The molecule has 15 heavy (non-hydrogen) atoms. The minimum Gasteiger partial charge on any atom is -0.303 e. The average Bonchev–Trinajstić information content (AvgIpc) is 2.17. The van der Waals surface area contributed by atoms with Crippen molar-refractivity contribution in [2.24, 2.45) is 0 Å². The number of rotatable bonds is 6. The Bertz CT molecular complexity index is 259. The van der Waals surface area contributed by atoms with Crippen LogP contribution in [0.25, 0.3) is 0 Å². The van der Waals surface area contributed by atoms with Gasteiger partial charge in [-0.15, -0.1) is 0 Å². The van der Waals surface area contributed by atoms with E-state index in [1.807, 2.05) is 0 Å². The zero-order valence-corrected chi connectivity index (χ0v) is 11.1. The number of piperidine rings is 1. The average molecular weight is 251 g/mol. The van der Waals surface area contributed by atoms with Crippen LogP contribution in [0.15, 0.2) is 0 Å². The Balaban J connectivity index is 1.96. The van der Waals surface area contributed by atoms with E-state index in [-0.39, 0.29) is 0 Å². The van der Waals surface area contributed by atoms with Gasteiger partial charge in [-0.2, -0.15) is 11.8 Å². The maximum absolute atomic E-state index is 10.9. The summed E-state index contributed by atoms with van der Waals surface area (Å²) in [5.41, 5.74) is 0. The first-order valence-electron chi connectivity index (χ1n) is 5.56. The largest absolute Gasteiger partial charge is 0.303 e. The molecule has 0 unspecified atom stereocenters. The maximum atomic E-state index is 10.9. The van der Waals surface area contributed by atoms with Gasteiger partial charge < -0.3 is 4.90 Å². The van der Waals surface area contributed by atoms with Gasteiger partial charge in [0.15, 0.2) is 0 Å². The van der Waals surface area contributed by atoms with Gasteiger partial charge in [-0.1, -0.05) is 6.42 Å². The van der Waals surface area contributed by atoms with Gasteiger partial charge in [0, 0.05) is 24.3 Å².